The van der Waals surface area contributed by atoms with Crippen molar-refractivity contribution in [2.75, 3.05) is 11.9 Å². The van der Waals surface area contributed by atoms with Crippen LogP contribution in [0.2, 0.25) is 0 Å². The number of anilines is 1. The molecule has 1 N–H and O–H groups in total. The van der Waals surface area contributed by atoms with Gasteiger partial charge in [-0.05, 0) is 25.5 Å². The fourth-order valence-electron chi connectivity index (χ4n) is 1.15. The molecule has 72 valence electrons. The molecular formula is C12H14N2. The van der Waals surface area contributed by atoms with E-state index in [0.29, 0.717) is 5.56 Å². The Balaban J connectivity index is 2.59. The van der Waals surface area contributed by atoms with E-state index in [4.69, 9.17) is 5.26 Å². The van der Waals surface area contributed by atoms with E-state index >= 15 is 0 Å². The number of nitriles is 1. The quantitative estimate of drug-likeness (QED) is 0.734. The minimum absolute atomic E-state index is 0.689. The van der Waals surface area contributed by atoms with Gasteiger partial charge in [0, 0.05) is 6.54 Å². The maximum atomic E-state index is 8.82. The zero-order valence-electron chi connectivity index (χ0n) is 8.38. The third-order valence-corrected chi connectivity index (χ3v) is 1.91. The predicted molar refractivity (Wildman–Crippen MR) is 59.1 cm³/mol. The van der Waals surface area contributed by atoms with E-state index in [2.05, 4.69) is 18.0 Å². The Morgan fingerprint density at radius 3 is 2.86 bits per heavy atom. The summed E-state index contributed by atoms with van der Waals surface area (Å²) in [5, 5.41) is 12.0. The molecule has 0 bridgehead atoms. The average Bonchev–Trinajstić information content (AvgIpc) is 2.18. The SMILES string of the molecule is C=C(C)CCNc1ccccc1C#N. The van der Waals surface area contributed by atoms with Gasteiger partial charge in [-0.2, -0.15) is 5.26 Å². The molecule has 0 aliphatic rings. The van der Waals surface area contributed by atoms with Gasteiger partial charge in [0.05, 0.1) is 11.3 Å². The molecule has 0 amide bonds. The molecule has 0 aliphatic carbocycles. The minimum atomic E-state index is 0.689. The standard InChI is InChI=1S/C12H14N2/c1-10(2)7-8-14-12-6-4-3-5-11(12)9-13/h3-6,14H,1,7-8H2,2H3. The van der Waals surface area contributed by atoms with Crippen LogP contribution in [-0.2, 0) is 0 Å². The Labute approximate surface area is 84.9 Å². The number of nitrogens with zero attached hydrogens (tertiary/aromatic N) is 1. The van der Waals surface area contributed by atoms with Gasteiger partial charge < -0.3 is 5.32 Å². The topological polar surface area (TPSA) is 35.8 Å². The van der Waals surface area contributed by atoms with Gasteiger partial charge in [-0.15, -0.1) is 6.58 Å². The summed E-state index contributed by atoms with van der Waals surface area (Å²) in [5.74, 6) is 0. The molecule has 1 aromatic rings. The van der Waals surface area contributed by atoms with Gasteiger partial charge in [-0.1, -0.05) is 17.7 Å². The van der Waals surface area contributed by atoms with Gasteiger partial charge in [-0.25, -0.2) is 0 Å². The lowest BCUT2D eigenvalue weighted by atomic mass is 10.2. The predicted octanol–water partition coefficient (Wildman–Crippen LogP) is 2.94. The summed E-state index contributed by atoms with van der Waals surface area (Å²) < 4.78 is 0. The molecule has 0 atom stereocenters. The van der Waals surface area contributed by atoms with Crippen LogP contribution in [0.3, 0.4) is 0 Å². The van der Waals surface area contributed by atoms with Crippen LogP contribution in [0.4, 0.5) is 5.69 Å². The maximum Gasteiger partial charge on any atom is 0.101 e. The summed E-state index contributed by atoms with van der Waals surface area (Å²) in [6.45, 7) is 6.65. The summed E-state index contributed by atoms with van der Waals surface area (Å²) in [4.78, 5) is 0. The smallest absolute Gasteiger partial charge is 0.101 e. The lowest BCUT2D eigenvalue weighted by Crippen LogP contribution is -2.03. The molecule has 1 aromatic carbocycles. The van der Waals surface area contributed by atoms with Crippen molar-refractivity contribution in [1.82, 2.24) is 0 Å². The van der Waals surface area contributed by atoms with Gasteiger partial charge in [-0.3, -0.25) is 0 Å². The summed E-state index contributed by atoms with van der Waals surface area (Å²) in [7, 11) is 0. The van der Waals surface area contributed by atoms with E-state index in [0.717, 1.165) is 24.2 Å². The molecular weight excluding hydrogens is 172 g/mol. The van der Waals surface area contributed by atoms with Crippen LogP contribution in [0.1, 0.15) is 18.9 Å². The zero-order valence-corrected chi connectivity index (χ0v) is 8.38. The Bertz CT molecular complexity index is 361. The highest BCUT2D eigenvalue weighted by Gasteiger charge is 1.98. The van der Waals surface area contributed by atoms with Crippen LogP contribution in [0.15, 0.2) is 36.4 Å². The van der Waals surface area contributed by atoms with Gasteiger partial charge in [0.25, 0.3) is 0 Å². The van der Waals surface area contributed by atoms with E-state index in [-0.39, 0.29) is 0 Å². The Kier molecular flexibility index (Phi) is 3.75. The van der Waals surface area contributed by atoms with Crippen molar-refractivity contribution >= 4 is 5.69 Å². The molecule has 14 heavy (non-hydrogen) atoms. The Morgan fingerprint density at radius 2 is 2.21 bits per heavy atom. The summed E-state index contributed by atoms with van der Waals surface area (Å²) in [5.41, 5.74) is 2.73. The van der Waals surface area contributed by atoms with E-state index in [1.807, 2.05) is 31.2 Å². The largest absolute Gasteiger partial charge is 0.384 e. The summed E-state index contributed by atoms with van der Waals surface area (Å²) in [6.07, 6.45) is 0.930. The van der Waals surface area contributed by atoms with Crippen molar-refractivity contribution in [2.45, 2.75) is 13.3 Å². The minimum Gasteiger partial charge on any atom is -0.384 e. The number of nitrogens with one attached hydrogen (secondary N) is 1. The summed E-state index contributed by atoms with van der Waals surface area (Å²) in [6, 6.07) is 9.66. The lowest BCUT2D eigenvalue weighted by molar-refractivity contribution is 1.00. The first-order valence-electron chi connectivity index (χ1n) is 4.61. The normalized spacial score (nSPS) is 9.14. The monoisotopic (exact) mass is 186 g/mol. The van der Waals surface area contributed by atoms with Crippen LogP contribution in [0.5, 0.6) is 0 Å². The summed E-state index contributed by atoms with van der Waals surface area (Å²) >= 11 is 0. The third kappa shape index (κ3) is 2.95. The molecule has 2 nitrogen and oxygen atoms in total. The second-order valence-corrected chi connectivity index (χ2v) is 3.29. The van der Waals surface area contributed by atoms with Gasteiger partial charge in [0.2, 0.25) is 0 Å². The molecule has 2 heteroatoms. The molecule has 1 rings (SSSR count). The number of rotatable bonds is 4. The van der Waals surface area contributed by atoms with Crippen molar-refractivity contribution in [3.8, 4) is 6.07 Å². The first kappa shape index (κ1) is 10.3. The highest BCUT2D eigenvalue weighted by atomic mass is 14.9. The molecule has 0 saturated heterocycles. The average molecular weight is 186 g/mol. The van der Waals surface area contributed by atoms with E-state index < -0.39 is 0 Å². The second-order valence-electron chi connectivity index (χ2n) is 3.29. The number of hydrogen-bond donors (Lipinski definition) is 1. The first-order chi connectivity index (χ1) is 6.74. The highest BCUT2D eigenvalue weighted by molar-refractivity contribution is 5.57. The van der Waals surface area contributed by atoms with Crippen LogP contribution < -0.4 is 5.32 Å². The highest BCUT2D eigenvalue weighted by Crippen LogP contribution is 2.13. The van der Waals surface area contributed by atoms with Crippen molar-refractivity contribution < 1.29 is 0 Å². The van der Waals surface area contributed by atoms with E-state index in [9.17, 15) is 0 Å². The van der Waals surface area contributed by atoms with Crippen molar-refractivity contribution in [1.29, 1.82) is 5.26 Å². The van der Waals surface area contributed by atoms with Gasteiger partial charge >= 0.3 is 0 Å². The van der Waals surface area contributed by atoms with Gasteiger partial charge in [0.1, 0.15) is 6.07 Å². The van der Waals surface area contributed by atoms with Crippen LogP contribution in [-0.4, -0.2) is 6.54 Å². The third-order valence-electron chi connectivity index (χ3n) is 1.91. The second kappa shape index (κ2) is 5.08. The van der Waals surface area contributed by atoms with Crippen molar-refractivity contribution in [3.63, 3.8) is 0 Å². The molecule has 0 saturated carbocycles. The fraction of sp³-hybridized carbons (Fsp3) is 0.250. The maximum absolute atomic E-state index is 8.82. The number of benzene rings is 1. The number of para-hydroxylation sites is 1. The Hall–Kier alpha value is -1.75. The first-order valence-corrected chi connectivity index (χ1v) is 4.61. The van der Waals surface area contributed by atoms with Gasteiger partial charge in [0.15, 0.2) is 0 Å². The molecule has 0 spiro atoms. The molecule has 0 heterocycles. The van der Waals surface area contributed by atoms with E-state index in [1.54, 1.807) is 0 Å². The molecule has 0 aliphatic heterocycles. The Morgan fingerprint density at radius 1 is 1.50 bits per heavy atom. The van der Waals surface area contributed by atoms with Crippen LogP contribution in [0, 0.1) is 11.3 Å². The fourth-order valence-corrected chi connectivity index (χ4v) is 1.15. The van der Waals surface area contributed by atoms with E-state index in [1.165, 1.54) is 0 Å². The lowest BCUT2D eigenvalue weighted by Gasteiger charge is -2.07. The van der Waals surface area contributed by atoms with Crippen LogP contribution in [0.25, 0.3) is 0 Å². The molecule has 0 unspecified atom stereocenters. The molecule has 0 aromatic heterocycles. The van der Waals surface area contributed by atoms with Crippen molar-refractivity contribution in [3.05, 3.63) is 42.0 Å². The van der Waals surface area contributed by atoms with Crippen molar-refractivity contribution in [2.24, 2.45) is 0 Å². The van der Waals surface area contributed by atoms with Crippen LogP contribution >= 0.6 is 0 Å². The molecule has 0 fully saturated rings. The molecule has 0 radical (unpaired) electrons. The zero-order chi connectivity index (χ0) is 10.4. The number of hydrogen-bond acceptors (Lipinski definition) is 2.